The third-order valence-corrected chi connectivity index (χ3v) is 4.88. The highest BCUT2D eigenvalue weighted by atomic mass is 32.1. The number of anilines is 1. The van der Waals surface area contributed by atoms with Crippen LogP contribution in [-0.4, -0.2) is 36.6 Å². The fraction of sp³-hybridized carbons (Fsp3) is 0.200. The summed E-state index contributed by atoms with van der Waals surface area (Å²) in [6, 6.07) is 9.38. The zero-order valence-electron chi connectivity index (χ0n) is 16.5. The largest absolute Gasteiger partial charge is 0.497 e. The highest BCUT2D eigenvalue weighted by Gasteiger charge is 2.20. The topological polar surface area (TPSA) is 113 Å². The van der Waals surface area contributed by atoms with Crippen molar-refractivity contribution in [1.82, 2.24) is 4.98 Å². The zero-order valence-corrected chi connectivity index (χ0v) is 17.3. The fourth-order valence-electron chi connectivity index (χ4n) is 2.72. The highest BCUT2D eigenvalue weighted by molar-refractivity contribution is 7.14. The van der Waals surface area contributed by atoms with E-state index in [1.165, 1.54) is 29.5 Å². The zero-order chi connectivity index (χ0) is 21.7. The van der Waals surface area contributed by atoms with E-state index >= 15 is 0 Å². The smallest absolute Gasteiger partial charge is 0.311 e. The summed E-state index contributed by atoms with van der Waals surface area (Å²) in [6.45, 7) is 2.00. The molecule has 0 fully saturated rings. The number of amides is 1. The van der Waals surface area contributed by atoms with Crippen LogP contribution in [0, 0.1) is 10.1 Å². The van der Waals surface area contributed by atoms with Crippen molar-refractivity contribution in [2.45, 2.75) is 6.92 Å². The van der Waals surface area contributed by atoms with E-state index < -0.39 is 10.8 Å². The molecule has 0 aliphatic carbocycles. The number of nitrogens with one attached hydrogen (secondary N) is 1. The minimum Gasteiger partial charge on any atom is -0.497 e. The van der Waals surface area contributed by atoms with Gasteiger partial charge in [-0.05, 0) is 37.3 Å². The van der Waals surface area contributed by atoms with Gasteiger partial charge in [-0.15, -0.1) is 11.3 Å². The Morgan fingerprint density at radius 2 is 1.93 bits per heavy atom. The van der Waals surface area contributed by atoms with E-state index in [1.807, 2.05) is 0 Å². The molecule has 1 aromatic heterocycles. The molecule has 0 saturated carbocycles. The molecule has 0 bridgehead atoms. The van der Waals surface area contributed by atoms with Crippen LogP contribution in [0.5, 0.6) is 17.2 Å². The normalized spacial score (nSPS) is 10.4. The van der Waals surface area contributed by atoms with Crippen LogP contribution in [0.4, 0.5) is 10.8 Å². The van der Waals surface area contributed by atoms with Gasteiger partial charge in [0.2, 0.25) is 0 Å². The maximum atomic E-state index is 12.6. The first-order valence-electron chi connectivity index (χ1n) is 8.87. The lowest BCUT2D eigenvalue weighted by Gasteiger charge is -2.08. The second-order valence-electron chi connectivity index (χ2n) is 5.93. The lowest BCUT2D eigenvalue weighted by Crippen LogP contribution is -2.12. The number of nitrogens with zero attached hydrogens (tertiary/aromatic N) is 2. The van der Waals surface area contributed by atoms with Crippen molar-refractivity contribution in [3.63, 3.8) is 0 Å². The van der Waals surface area contributed by atoms with Crippen molar-refractivity contribution in [3.05, 3.63) is 57.5 Å². The van der Waals surface area contributed by atoms with Crippen molar-refractivity contribution >= 4 is 28.1 Å². The van der Waals surface area contributed by atoms with Crippen LogP contribution in [0.25, 0.3) is 11.3 Å². The molecule has 0 atom stereocenters. The minimum atomic E-state index is -0.585. The molecule has 1 N–H and O–H groups in total. The maximum absolute atomic E-state index is 12.6. The molecule has 3 rings (SSSR count). The fourth-order valence-corrected chi connectivity index (χ4v) is 3.42. The number of benzene rings is 2. The van der Waals surface area contributed by atoms with Gasteiger partial charge in [0.1, 0.15) is 11.5 Å². The summed E-state index contributed by atoms with van der Waals surface area (Å²) in [7, 11) is 3.12. The Morgan fingerprint density at radius 1 is 1.17 bits per heavy atom. The number of nitro groups is 1. The average Bonchev–Trinajstić information content (AvgIpc) is 3.21. The van der Waals surface area contributed by atoms with E-state index in [2.05, 4.69) is 10.3 Å². The summed E-state index contributed by atoms with van der Waals surface area (Å²) in [5.74, 6) is 0.854. The number of hydrogen-bond donors (Lipinski definition) is 1. The number of methoxy groups -OCH3 is 2. The standard InChI is InChI=1S/C20H19N3O6S/c1-4-29-18-7-5-12(9-16(18)23(25)26)19(24)22-20-21-15(11-30-20)14-10-13(27-2)6-8-17(14)28-3/h5-11H,4H2,1-3H3,(H,21,22,24). The molecule has 156 valence electrons. The molecular weight excluding hydrogens is 410 g/mol. The molecule has 1 heterocycles. The molecule has 0 spiro atoms. The van der Waals surface area contributed by atoms with Gasteiger partial charge in [-0.3, -0.25) is 20.2 Å². The quantitative estimate of drug-likeness (QED) is 0.417. The van der Waals surface area contributed by atoms with Crippen LogP contribution in [0.3, 0.4) is 0 Å². The lowest BCUT2D eigenvalue weighted by atomic mass is 10.1. The van der Waals surface area contributed by atoms with Crippen LogP contribution >= 0.6 is 11.3 Å². The van der Waals surface area contributed by atoms with Gasteiger partial charge in [0.25, 0.3) is 5.91 Å². The Morgan fingerprint density at radius 3 is 2.60 bits per heavy atom. The second kappa shape index (κ2) is 9.23. The Labute approximate surface area is 176 Å². The number of ether oxygens (including phenoxy) is 3. The predicted octanol–water partition coefficient (Wildman–Crippen LogP) is 4.39. The number of thiazole rings is 1. The predicted molar refractivity (Wildman–Crippen MR) is 113 cm³/mol. The average molecular weight is 429 g/mol. The van der Waals surface area contributed by atoms with E-state index in [4.69, 9.17) is 14.2 Å². The van der Waals surface area contributed by atoms with Crippen LogP contribution < -0.4 is 19.5 Å². The van der Waals surface area contributed by atoms with Gasteiger partial charge in [0, 0.05) is 22.6 Å². The second-order valence-corrected chi connectivity index (χ2v) is 6.79. The summed E-state index contributed by atoms with van der Waals surface area (Å²) < 4.78 is 15.9. The summed E-state index contributed by atoms with van der Waals surface area (Å²) in [4.78, 5) is 27.7. The number of carbonyl (C=O) groups excluding carboxylic acids is 1. The first-order chi connectivity index (χ1) is 14.5. The molecule has 0 radical (unpaired) electrons. The first-order valence-corrected chi connectivity index (χ1v) is 9.75. The van der Waals surface area contributed by atoms with E-state index in [0.29, 0.717) is 27.9 Å². The van der Waals surface area contributed by atoms with Crippen molar-refractivity contribution in [2.24, 2.45) is 0 Å². The highest BCUT2D eigenvalue weighted by Crippen LogP contribution is 2.35. The van der Waals surface area contributed by atoms with Gasteiger partial charge in [0.05, 0.1) is 31.4 Å². The van der Waals surface area contributed by atoms with Crippen molar-refractivity contribution in [3.8, 4) is 28.5 Å². The molecule has 0 aliphatic heterocycles. The maximum Gasteiger partial charge on any atom is 0.311 e. The van der Waals surface area contributed by atoms with E-state index in [-0.39, 0.29) is 23.6 Å². The summed E-state index contributed by atoms with van der Waals surface area (Å²) in [5.41, 5.74) is 1.17. The summed E-state index contributed by atoms with van der Waals surface area (Å²) >= 11 is 1.22. The number of nitro benzene ring substituents is 1. The van der Waals surface area contributed by atoms with Crippen LogP contribution in [0.2, 0.25) is 0 Å². The van der Waals surface area contributed by atoms with E-state index in [0.717, 1.165) is 0 Å². The van der Waals surface area contributed by atoms with E-state index in [1.54, 1.807) is 44.7 Å². The van der Waals surface area contributed by atoms with Gasteiger partial charge in [-0.1, -0.05) is 0 Å². The molecule has 2 aromatic carbocycles. The van der Waals surface area contributed by atoms with Crippen LogP contribution in [0.15, 0.2) is 41.8 Å². The molecule has 0 aliphatic rings. The molecule has 0 unspecified atom stereocenters. The third-order valence-electron chi connectivity index (χ3n) is 4.12. The summed E-state index contributed by atoms with van der Waals surface area (Å²) in [5, 5.41) is 16.0. The van der Waals surface area contributed by atoms with Gasteiger partial charge in [-0.25, -0.2) is 4.98 Å². The molecule has 30 heavy (non-hydrogen) atoms. The lowest BCUT2D eigenvalue weighted by molar-refractivity contribution is -0.385. The Kier molecular flexibility index (Phi) is 6.48. The SMILES string of the molecule is CCOc1ccc(C(=O)Nc2nc(-c3cc(OC)ccc3OC)cs2)cc1[N+](=O)[O-]. The van der Waals surface area contributed by atoms with Gasteiger partial charge >= 0.3 is 5.69 Å². The molecular formula is C20H19N3O6S. The Hall–Kier alpha value is -3.66. The van der Waals surface area contributed by atoms with E-state index in [9.17, 15) is 14.9 Å². The van der Waals surface area contributed by atoms with Crippen molar-refractivity contribution in [2.75, 3.05) is 26.1 Å². The molecule has 0 saturated heterocycles. The monoisotopic (exact) mass is 429 g/mol. The van der Waals surface area contributed by atoms with Crippen molar-refractivity contribution < 1.29 is 23.9 Å². The number of aromatic nitrogens is 1. The van der Waals surface area contributed by atoms with Gasteiger partial charge in [0.15, 0.2) is 10.9 Å². The molecule has 3 aromatic rings. The molecule has 9 nitrogen and oxygen atoms in total. The first kappa shape index (κ1) is 21.1. The van der Waals surface area contributed by atoms with Crippen molar-refractivity contribution in [1.29, 1.82) is 0 Å². The summed E-state index contributed by atoms with van der Waals surface area (Å²) in [6.07, 6.45) is 0. The number of hydrogen-bond acceptors (Lipinski definition) is 8. The number of rotatable bonds is 8. The Bertz CT molecular complexity index is 1080. The molecule has 1 amide bonds. The third kappa shape index (κ3) is 4.49. The molecule has 10 heteroatoms. The minimum absolute atomic E-state index is 0.112. The van der Waals surface area contributed by atoms with Crippen LogP contribution in [-0.2, 0) is 0 Å². The Balaban J connectivity index is 1.84. The van der Waals surface area contributed by atoms with Gasteiger partial charge < -0.3 is 14.2 Å². The van der Waals surface area contributed by atoms with Crippen LogP contribution in [0.1, 0.15) is 17.3 Å². The van der Waals surface area contributed by atoms with Gasteiger partial charge in [-0.2, -0.15) is 0 Å². The number of carbonyl (C=O) groups is 1.